The summed E-state index contributed by atoms with van der Waals surface area (Å²) >= 11 is 0. The van der Waals surface area contributed by atoms with Gasteiger partial charge in [-0.2, -0.15) is 0 Å². The minimum Gasteiger partial charge on any atom is -0.490 e. The van der Waals surface area contributed by atoms with Crippen molar-refractivity contribution in [2.24, 2.45) is 0 Å². The zero-order chi connectivity index (χ0) is 15.0. The molecule has 0 aromatic carbocycles. The summed E-state index contributed by atoms with van der Waals surface area (Å²) in [5.74, 6) is 1.44. The quantitative estimate of drug-likeness (QED) is 0.805. The molecule has 112 valence electrons. The number of aromatic nitrogens is 1. The lowest BCUT2D eigenvalue weighted by atomic mass is 10.1. The molecule has 0 saturated heterocycles. The van der Waals surface area contributed by atoms with Crippen LogP contribution in [0.15, 0.2) is 18.3 Å². The Hall–Kier alpha value is -1.78. The van der Waals surface area contributed by atoms with Gasteiger partial charge < -0.3 is 15.4 Å². The number of hydrogen-bond donors (Lipinski definition) is 2. The van der Waals surface area contributed by atoms with Crippen LogP contribution in [0.4, 0.5) is 5.82 Å². The fraction of sp³-hybridized carbons (Fsp3) is 0.600. The summed E-state index contributed by atoms with van der Waals surface area (Å²) in [6, 6.07) is 3.71. The van der Waals surface area contributed by atoms with Gasteiger partial charge in [0.25, 0.3) is 0 Å². The highest BCUT2D eigenvalue weighted by molar-refractivity contribution is 5.77. The number of hydrogen-bond acceptors (Lipinski definition) is 4. The van der Waals surface area contributed by atoms with Crippen molar-refractivity contribution >= 4 is 11.7 Å². The molecule has 0 radical (unpaired) electrons. The molecule has 0 aliphatic carbocycles. The van der Waals surface area contributed by atoms with Crippen LogP contribution in [0, 0.1) is 0 Å². The molecule has 20 heavy (non-hydrogen) atoms. The normalized spacial score (nSPS) is 11.0. The predicted molar refractivity (Wildman–Crippen MR) is 81.0 cm³/mol. The van der Waals surface area contributed by atoms with Gasteiger partial charge in [0.15, 0.2) is 11.6 Å². The van der Waals surface area contributed by atoms with Crippen LogP contribution in [0.5, 0.6) is 5.75 Å². The summed E-state index contributed by atoms with van der Waals surface area (Å²) < 4.78 is 5.60. The average Bonchev–Trinajstić information content (AvgIpc) is 2.35. The molecule has 2 N–H and O–H groups in total. The van der Waals surface area contributed by atoms with Gasteiger partial charge in [0.1, 0.15) is 0 Å². The predicted octanol–water partition coefficient (Wildman–Crippen LogP) is 2.59. The SMILES string of the molecule is CCCOc1cccnc1NCCC(=O)NC(C)(C)C. The number of carbonyl (C=O) groups excluding carboxylic acids is 1. The molecule has 1 aromatic rings. The first kappa shape index (κ1) is 16.3. The first-order valence-electron chi connectivity index (χ1n) is 7.05. The topological polar surface area (TPSA) is 63.2 Å². The number of rotatable bonds is 7. The second kappa shape index (κ2) is 7.72. The molecular formula is C15H25N3O2. The number of carbonyl (C=O) groups is 1. The minimum atomic E-state index is -0.197. The Balaban J connectivity index is 2.43. The second-order valence-corrected chi connectivity index (χ2v) is 5.67. The first-order valence-corrected chi connectivity index (χ1v) is 7.05. The molecule has 0 saturated carbocycles. The Morgan fingerprint density at radius 3 is 2.80 bits per heavy atom. The first-order chi connectivity index (χ1) is 9.42. The third-order valence-corrected chi connectivity index (χ3v) is 2.39. The third kappa shape index (κ3) is 6.41. The van der Waals surface area contributed by atoms with Gasteiger partial charge in [-0.25, -0.2) is 4.98 Å². The number of amides is 1. The Labute approximate surface area is 121 Å². The molecule has 1 amide bonds. The van der Waals surface area contributed by atoms with E-state index in [4.69, 9.17) is 4.74 Å². The van der Waals surface area contributed by atoms with Crippen molar-refractivity contribution in [3.63, 3.8) is 0 Å². The van der Waals surface area contributed by atoms with Crippen LogP contribution in [0.1, 0.15) is 40.5 Å². The lowest BCUT2D eigenvalue weighted by molar-refractivity contribution is -0.122. The van der Waals surface area contributed by atoms with E-state index in [1.807, 2.05) is 32.9 Å². The van der Waals surface area contributed by atoms with Gasteiger partial charge >= 0.3 is 0 Å². The van der Waals surface area contributed by atoms with Crippen molar-refractivity contribution in [1.29, 1.82) is 0 Å². The number of pyridine rings is 1. The van der Waals surface area contributed by atoms with Gasteiger partial charge in [-0.3, -0.25) is 4.79 Å². The Morgan fingerprint density at radius 2 is 2.15 bits per heavy atom. The summed E-state index contributed by atoms with van der Waals surface area (Å²) in [7, 11) is 0. The van der Waals surface area contributed by atoms with E-state index >= 15 is 0 Å². The van der Waals surface area contributed by atoms with Crippen molar-refractivity contribution in [3.05, 3.63) is 18.3 Å². The summed E-state index contributed by atoms with van der Waals surface area (Å²) in [6.07, 6.45) is 3.06. The maximum atomic E-state index is 11.7. The van der Waals surface area contributed by atoms with Gasteiger partial charge in [0.05, 0.1) is 6.61 Å². The number of nitrogens with zero attached hydrogens (tertiary/aromatic N) is 1. The van der Waals surface area contributed by atoms with Crippen LogP contribution in [-0.4, -0.2) is 29.6 Å². The molecule has 0 aliphatic heterocycles. The van der Waals surface area contributed by atoms with E-state index in [0.29, 0.717) is 25.4 Å². The fourth-order valence-corrected chi connectivity index (χ4v) is 1.63. The van der Waals surface area contributed by atoms with Crippen LogP contribution >= 0.6 is 0 Å². The fourth-order valence-electron chi connectivity index (χ4n) is 1.63. The third-order valence-electron chi connectivity index (χ3n) is 2.39. The average molecular weight is 279 g/mol. The highest BCUT2D eigenvalue weighted by Crippen LogP contribution is 2.20. The van der Waals surface area contributed by atoms with Crippen molar-refractivity contribution in [2.75, 3.05) is 18.5 Å². The summed E-state index contributed by atoms with van der Waals surface area (Å²) in [5, 5.41) is 6.07. The van der Waals surface area contributed by atoms with Crippen molar-refractivity contribution in [2.45, 2.75) is 46.1 Å². The number of nitrogens with one attached hydrogen (secondary N) is 2. The lowest BCUT2D eigenvalue weighted by Gasteiger charge is -2.20. The van der Waals surface area contributed by atoms with E-state index in [0.717, 1.165) is 12.2 Å². The van der Waals surface area contributed by atoms with Crippen LogP contribution in [0.25, 0.3) is 0 Å². The molecule has 0 unspecified atom stereocenters. The lowest BCUT2D eigenvalue weighted by Crippen LogP contribution is -2.41. The molecule has 0 fully saturated rings. The Morgan fingerprint density at radius 1 is 1.40 bits per heavy atom. The monoisotopic (exact) mass is 279 g/mol. The van der Waals surface area contributed by atoms with E-state index in [1.165, 1.54) is 0 Å². The smallest absolute Gasteiger partial charge is 0.222 e. The van der Waals surface area contributed by atoms with Crippen molar-refractivity contribution < 1.29 is 9.53 Å². The molecule has 1 aromatic heterocycles. The van der Waals surface area contributed by atoms with Crippen molar-refractivity contribution in [1.82, 2.24) is 10.3 Å². The molecule has 5 nitrogen and oxygen atoms in total. The molecule has 0 bridgehead atoms. The molecule has 0 spiro atoms. The minimum absolute atomic E-state index is 0.0250. The van der Waals surface area contributed by atoms with Crippen LogP contribution < -0.4 is 15.4 Å². The Bertz CT molecular complexity index is 427. The zero-order valence-electron chi connectivity index (χ0n) is 12.8. The van der Waals surface area contributed by atoms with E-state index in [-0.39, 0.29) is 11.4 Å². The van der Waals surface area contributed by atoms with E-state index in [9.17, 15) is 4.79 Å². The summed E-state index contributed by atoms with van der Waals surface area (Å²) in [5.41, 5.74) is -0.197. The van der Waals surface area contributed by atoms with E-state index < -0.39 is 0 Å². The van der Waals surface area contributed by atoms with Crippen LogP contribution in [-0.2, 0) is 4.79 Å². The molecular weight excluding hydrogens is 254 g/mol. The Kier molecular flexibility index (Phi) is 6.28. The van der Waals surface area contributed by atoms with E-state index in [2.05, 4.69) is 22.5 Å². The highest BCUT2D eigenvalue weighted by atomic mass is 16.5. The van der Waals surface area contributed by atoms with E-state index in [1.54, 1.807) is 6.20 Å². The van der Waals surface area contributed by atoms with Gasteiger partial charge in [-0.05, 0) is 39.3 Å². The van der Waals surface area contributed by atoms with Gasteiger partial charge in [0.2, 0.25) is 5.91 Å². The van der Waals surface area contributed by atoms with Gasteiger partial charge in [0, 0.05) is 24.7 Å². The van der Waals surface area contributed by atoms with Gasteiger partial charge in [-0.15, -0.1) is 0 Å². The van der Waals surface area contributed by atoms with Crippen molar-refractivity contribution in [3.8, 4) is 5.75 Å². The number of anilines is 1. The maximum absolute atomic E-state index is 11.7. The molecule has 0 aliphatic rings. The largest absolute Gasteiger partial charge is 0.490 e. The molecule has 1 heterocycles. The highest BCUT2D eigenvalue weighted by Gasteiger charge is 2.13. The number of ether oxygens (including phenoxy) is 1. The molecule has 1 rings (SSSR count). The second-order valence-electron chi connectivity index (χ2n) is 5.67. The standard InChI is InChI=1S/C15H25N3O2/c1-5-11-20-12-7-6-9-16-14(12)17-10-8-13(19)18-15(2,3)4/h6-7,9H,5,8,10-11H2,1-4H3,(H,16,17)(H,18,19). The maximum Gasteiger partial charge on any atom is 0.222 e. The zero-order valence-corrected chi connectivity index (χ0v) is 12.8. The summed E-state index contributed by atoms with van der Waals surface area (Å²) in [4.78, 5) is 15.9. The summed E-state index contributed by atoms with van der Waals surface area (Å²) in [6.45, 7) is 9.14. The van der Waals surface area contributed by atoms with Gasteiger partial charge in [-0.1, -0.05) is 6.92 Å². The molecule has 5 heteroatoms. The molecule has 0 atom stereocenters. The van der Waals surface area contributed by atoms with Crippen LogP contribution in [0.2, 0.25) is 0 Å². The van der Waals surface area contributed by atoms with Crippen LogP contribution in [0.3, 0.4) is 0 Å².